The summed E-state index contributed by atoms with van der Waals surface area (Å²) in [6.45, 7) is 11.4. The van der Waals surface area contributed by atoms with Gasteiger partial charge >= 0.3 is 11.9 Å². The van der Waals surface area contributed by atoms with Crippen molar-refractivity contribution >= 4 is 11.9 Å². The Kier molecular flexibility index (Phi) is 7.69. The highest BCUT2D eigenvalue weighted by Crippen LogP contribution is 2.26. The van der Waals surface area contributed by atoms with Crippen LogP contribution in [0.4, 0.5) is 0 Å². The molecular formula is C20H28O4. The maximum absolute atomic E-state index is 12.3. The standard InChI is InChI=1S/C20H28O4/c1-6-16-11-9-10-12-17(16)19(22)23-14-13-20(7-2,8-3)24-18(21)15(4)5/h9-12H,4,6-8,13-14H2,1-3,5H3. The van der Waals surface area contributed by atoms with Crippen LogP contribution in [0.3, 0.4) is 0 Å². The summed E-state index contributed by atoms with van der Waals surface area (Å²) >= 11 is 0. The Bertz CT molecular complexity index is 585. The van der Waals surface area contributed by atoms with Gasteiger partial charge in [0.25, 0.3) is 0 Å². The lowest BCUT2D eigenvalue weighted by Crippen LogP contribution is -2.35. The summed E-state index contributed by atoms with van der Waals surface area (Å²) in [6.07, 6.45) is 2.56. The van der Waals surface area contributed by atoms with E-state index in [2.05, 4.69) is 6.58 Å². The molecule has 0 unspecified atom stereocenters. The zero-order valence-electron chi connectivity index (χ0n) is 15.2. The average molecular weight is 332 g/mol. The molecule has 0 aliphatic heterocycles. The topological polar surface area (TPSA) is 52.6 Å². The molecule has 0 fully saturated rings. The second-order valence-corrected chi connectivity index (χ2v) is 5.96. The van der Waals surface area contributed by atoms with E-state index in [1.165, 1.54) is 0 Å². The molecule has 4 nitrogen and oxygen atoms in total. The molecule has 132 valence electrons. The molecule has 0 N–H and O–H groups in total. The van der Waals surface area contributed by atoms with E-state index in [1.807, 2.05) is 39.0 Å². The number of esters is 2. The van der Waals surface area contributed by atoms with Gasteiger partial charge in [0, 0.05) is 12.0 Å². The van der Waals surface area contributed by atoms with Crippen molar-refractivity contribution in [3.8, 4) is 0 Å². The molecule has 1 aromatic rings. The Morgan fingerprint density at radius 3 is 2.29 bits per heavy atom. The molecule has 0 saturated carbocycles. The Morgan fingerprint density at radius 1 is 1.12 bits per heavy atom. The van der Waals surface area contributed by atoms with Gasteiger partial charge in [0.05, 0.1) is 12.2 Å². The summed E-state index contributed by atoms with van der Waals surface area (Å²) < 4.78 is 11.0. The highest BCUT2D eigenvalue weighted by atomic mass is 16.6. The monoisotopic (exact) mass is 332 g/mol. The molecular weight excluding hydrogens is 304 g/mol. The molecule has 0 bridgehead atoms. The van der Waals surface area contributed by atoms with E-state index >= 15 is 0 Å². The highest BCUT2D eigenvalue weighted by Gasteiger charge is 2.31. The molecule has 0 atom stereocenters. The third-order valence-corrected chi connectivity index (χ3v) is 4.36. The Balaban J connectivity index is 2.69. The SMILES string of the molecule is C=C(C)C(=O)OC(CC)(CC)CCOC(=O)c1ccccc1CC. The molecule has 0 radical (unpaired) electrons. The quantitative estimate of drug-likeness (QED) is 0.494. The van der Waals surface area contributed by atoms with Gasteiger partial charge in [-0.15, -0.1) is 0 Å². The van der Waals surface area contributed by atoms with Crippen LogP contribution in [0.2, 0.25) is 0 Å². The van der Waals surface area contributed by atoms with E-state index in [0.717, 1.165) is 12.0 Å². The number of ether oxygens (including phenoxy) is 2. The van der Waals surface area contributed by atoms with Crippen LogP contribution in [0.15, 0.2) is 36.4 Å². The lowest BCUT2D eigenvalue weighted by Gasteiger charge is -2.31. The summed E-state index contributed by atoms with van der Waals surface area (Å²) in [7, 11) is 0. The first kappa shape index (κ1) is 19.9. The van der Waals surface area contributed by atoms with Crippen molar-refractivity contribution in [1.29, 1.82) is 0 Å². The van der Waals surface area contributed by atoms with Crippen LogP contribution in [0.5, 0.6) is 0 Å². The number of carbonyl (C=O) groups excluding carboxylic acids is 2. The lowest BCUT2D eigenvalue weighted by atomic mass is 9.93. The van der Waals surface area contributed by atoms with Crippen LogP contribution in [-0.2, 0) is 20.7 Å². The van der Waals surface area contributed by atoms with E-state index in [-0.39, 0.29) is 12.6 Å². The van der Waals surface area contributed by atoms with Crippen molar-refractivity contribution in [1.82, 2.24) is 0 Å². The van der Waals surface area contributed by atoms with Gasteiger partial charge in [-0.3, -0.25) is 0 Å². The average Bonchev–Trinajstić information content (AvgIpc) is 2.60. The minimum absolute atomic E-state index is 0.210. The first-order valence-corrected chi connectivity index (χ1v) is 8.53. The third kappa shape index (κ3) is 5.22. The number of benzene rings is 1. The Hall–Kier alpha value is -2.10. The summed E-state index contributed by atoms with van der Waals surface area (Å²) in [5, 5.41) is 0. The Labute approximate surface area is 144 Å². The zero-order valence-corrected chi connectivity index (χ0v) is 15.2. The second-order valence-electron chi connectivity index (χ2n) is 5.96. The summed E-state index contributed by atoms with van der Waals surface area (Å²) in [4.78, 5) is 24.1. The number of carbonyl (C=O) groups is 2. The molecule has 4 heteroatoms. The van der Waals surface area contributed by atoms with E-state index in [1.54, 1.807) is 13.0 Å². The predicted molar refractivity (Wildman–Crippen MR) is 94.9 cm³/mol. The number of hydrogen-bond acceptors (Lipinski definition) is 4. The largest absolute Gasteiger partial charge is 0.462 e. The van der Waals surface area contributed by atoms with Crippen LogP contribution < -0.4 is 0 Å². The smallest absolute Gasteiger partial charge is 0.338 e. The molecule has 0 aliphatic rings. The van der Waals surface area contributed by atoms with Gasteiger partial charge in [0.15, 0.2) is 0 Å². The maximum atomic E-state index is 12.3. The normalized spacial score (nSPS) is 11.0. The molecule has 0 aliphatic carbocycles. The maximum Gasteiger partial charge on any atom is 0.338 e. The van der Waals surface area contributed by atoms with Crippen molar-refractivity contribution in [3.05, 3.63) is 47.5 Å². The van der Waals surface area contributed by atoms with E-state index in [4.69, 9.17) is 9.47 Å². The summed E-state index contributed by atoms with van der Waals surface area (Å²) in [5.41, 5.74) is 1.31. The minimum Gasteiger partial charge on any atom is -0.462 e. The predicted octanol–water partition coefficient (Wildman–Crippen LogP) is 4.47. The third-order valence-electron chi connectivity index (χ3n) is 4.36. The van der Waals surface area contributed by atoms with Gasteiger partial charge in [-0.1, -0.05) is 45.5 Å². The van der Waals surface area contributed by atoms with Crippen LogP contribution in [0.25, 0.3) is 0 Å². The van der Waals surface area contributed by atoms with Gasteiger partial charge in [-0.25, -0.2) is 9.59 Å². The fourth-order valence-corrected chi connectivity index (χ4v) is 2.52. The second kappa shape index (κ2) is 9.26. The number of rotatable bonds is 9. The molecule has 0 spiro atoms. The van der Waals surface area contributed by atoms with E-state index in [9.17, 15) is 9.59 Å². The summed E-state index contributed by atoms with van der Waals surface area (Å²) in [5.74, 6) is -0.735. The molecule has 0 aromatic heterocycles. The van der Waals surface area contributed by atoms with Gasteiger partial charge in [-0.05, 0) is 37.8 Å². The van der Waals surface area contributed by atoms with Crippen molar-refractivity contribution < 1.29 is 19.1 Å². The fraction of sp³-hybridized carbons (Fsp3) is 0.500. The van der Waals surface area contributed by atoms with Crippen LogP contribution in [0, 0.1) is 0 Å². The van der Waals surface area contributed by atoms with Crippen LogP contribution in [-0.4, -0.2) is 24.1 Å². The molecule has 1 aromatic carbocycles. The molecule has 1 rings (SSSR count). The first-order valence-electron chi connectivity index (χ1n) is 8.53. The van der Waals surface area contributed by atoms with E-state index in [0.29, 0.717) is 30.4 Å². The van der Waals surface area contributed by atoms with Crippen LogP contribution >= 0.6 is 0 Å². The van der Waals surface area contributed by atoms with Crippen molar-refractivity contribution in [2.45, 2.75) is 59.0 Å². The van der Waals surface area contributed by atoms with Gasteiger partial charge < -0.3 is 9.47 Å². The zero-order chi connectivity index (χ0) is 18.2. The van der Waals surface area contributed by atoms with Gasteiger partial charge in [0.1, 0.15) is 5.60 Å². The number of hydrogen-bond donors (Lipinski definition) is 0. The lowest BCUT2D eigenvalue weighted by molar-refractivity contribution is -0.157. The van der Waals surface area contributed by atoms with Crippen molar-refractivity contribution in [3.63, 3.8) is 0 Å². The van der Waals surface area contributed by atoms with Gasteiger partial charge in [-0.2, -0.15) is 0 Å². The molecule has 0 saturated heterocycles. The van der Waals surface area contributed by atoms with Gasteiger partial charge in [0.2, 0.25) is 0 Å². The molecule has 24 heavy (non-hydrogen) atoms. The van der Waals surface area contributed by atoms with Crippen molar-refractivity contribution in [2.75, 3.05) is 6.61 Å². The molecule has 0 heterocycles. The summed E-state index contributed by atoms with van der Waals surface area (Å²) in [6, 6.07) is 7.43. The van der Waals surface area contributed by atoms with Crippen molar-refractivity contribution in [2.24, 2.45) is 0 Å². The van der Waals surface area contributed by atoms with E-state index < -0.39 is 11.6 Å². The van der Waals surface area contributed by atoms with Crippen LogP contribution in [0.1, 0.15) is 62.9 Å². The fourth-order valence-electron chi connectivity index (χ4n) is 2.52. The Morgan fingerprint density at radius 2 is 1.75 bits per heavy atom. The highest BCUT2D eigenvalue weighted by molar-refractivity contribution is 5.91. The first-order chi connectivity index (χ1) is 11.4. The number of aryl methyl sites for hydroxylation is 1. The minimum atomic E-state index is -0.624. The molecule has 0 amide bonds.